The van der Waals surface area contributed by atoms with E-state index in [9.17, 15) is 4.79 Å². The predicted molar refractivity (Wildman–Crippen MR) is 73.4 cm³/mol. The minimum absolute atomic E-state index is 0.308. The molecule has 0 saturated carbocycles. The van der Waals surface area contributed by atoms with Crippen molar-refractivity contribution in [1.82, 2.24) is 5.43 Å². The van der Waals surface area contributed by atoms with Crippen molar-refractivity contribution in [3.63, 3.8) is 0 Å². The zero-order valence-corrected chi connectivity index (χ0v) is 10.2. The summed E-state index contributed by atoms with van der Waals surface area (Å²) in [4.78, 5) is 12.1. The smallest absolute Gasteiger partial charge is 0.271 e. The lowest BCUT2D eigenvalue weighted by Gasteiger charge is -2.23. The minimum atomic E-state index is -1.23. The first-order chi connectivity index (χ1) is 9.23. The van der Waals surface area contributed by atoms with Crippen LogP contribution in [0.5, 0.6) is 0 Å². The second kappa shape index (κ2) is 4.33. The SMILES string of the molecule is NC1(c2ccccc2)C(=O)NN=C1c1ccccc1. The lowest BCUT2D eigenvalue weighted by atomic mass is 9.83. The third kappa shape index (κ3) is 1.73. The van der Waals surface area contributed by atoms with E-state index in [1.165, 1.54) is 0 Å². The highest BCUT2D eigenvalue weighted by Gasteiger charge is 2.46. The minimum Gasteiger partial charge on any atom is -0.308 e. The maximum absolute atomic E-state index is 12.1. The molecule has 19 heavy (non-hydrogen) atoms. The molecule has 4 heteroatoms. The molecule has 2 aromatic rings. The molecule has 1 heterocycles. The monoisotopic (exact) mass is 251 g/mol. The van der Waals surface area contributed by atoms with Gasteiger partial charge in [0.05, 0.1) is 0 Å². The highest BCUT2D eigenvalue weighted by atomic mass is 16.2. The number of carbonyl (C=O) groups excluding carboxylic acids is 1. The molecule has 1 aliphatic rings. The summed E-state index contributed by atoms with van der Waals surface area (Å²) in [7, 11) is 0. The van der Waals surface area contributed by atoms with Crippen LogP contribution in [-0.4, -0.2) is 11.6 Å². The van der Waals surface area contributed by atoms with Crippen molar-refractivity contribution in [2.45, 2.75) is 5.54 Å². The molecule has 94 valence electrons. The van der Waals surface area contributed by atoms with Gasteiger partial charge < -0.3 is 5.73 Å². The van der Waals surface area contributed by atoms with Gasteiger partial charge in [0.1, 0.15) is 5.71 Å². The zero-order valence-electron chi connectivity index (χ0n) is 10.2. The fourth-order valence-corrected chi connectivity index (χ4v) is 2.25. The molecule has 2 aromatic carbocycles. The van der Waals surface area contributed by atoms with E-state index in [2.05, 4.69) is 10.5 Å². The Balaban J connectivity index is 2.13. The maximum Gasteiger partial charge on any atom is 0.271 e. The van der Waals surface area contributed by atoms with Crippen molar-refractivity contribution in [3.8, 4) is 0 Å². The molecular weight excluding hydrogens is 238 g/mol. The van der Waals surface area contributed by atoms with Gasteiger partial charge in [-0.3, -0.25) is 4.79 Å². The Morgan fingerprint density at radius 1 is 0.947 bits per heavy atom. The molecule has 0 saturated heterocycles. The molecular formula is C15H13N3O. The summed E-state index contributed by atoms with van der Waals surface area (Å²) in [5.41, 5.74) is 9.72. The van der Waals surface area contributed by atoms with Gasteiger partial charge in [-0.05, 0) is 5.56 Å². The Labute approximate surface area is 110 Å². The Morgan fingerprint density at radius 3 is 2.16 bits per heavy atom. The van der Waals surface area contributed by atoms with E-state index in [0.717, 1.165) is 11.1 Å². The second-order valence-electron chi connectivity index (χ2n) is 4.44. The summed E-state index contributed by atoms with van der Waals surface area (Å²) >= 11 is 0. The number of benzene rings is 2. The van der Waals surface area contributed by atoms with Crippen LogP contribution in [-0.2, 0) is 10.3 Å². The van der Waals surface area contributed by atoms with Crippen LogP contribution < -0.4 is 11.2 Å². The van der Waals surface area contributed by atoms with Gasteiger partial charge in [0.25, 0.3) is 5.91 Å². The molecule has 0 radical (unpaired) electrons. The van der Waals surface area contributed by atoms with Crippen LogP contribution in [0, 0.1) is 0 Å². The van der Waals surface area contributed by atoms with Gasteiger partial charge >= 0.3 is 0 Å². The van der Waals surface area contributed by atoms with Crippen molar-refractivity contribution in [2.24, 2.45) is 10.8 Å². The highest BCUT2D eigenvalue weighted by molar-refractivity contribution is 6.23. The Hall–Kier alpha value is -2.46. The quantitative estimate of drug-likeness (QED) is 0.846. The first kappa shape index (κ1) is 11.6. The largest absolute Gasteiger partial charge is 0.308 e. The van der Waals surface area contributed by atoms with Crippen LogP contribution >= 0.6 is 0 Å². The van der Waals surface area contributed by atoms with Crippen molar-refractivity contribution in [2.75, 3.05) is 0 Å². The Morgan fingerprint density at radius 2 is 1.53 bits per heavy atom. The van der Waals surface area contributed by atoms with Crippen LogP contribution in [0.2, 0.25) is 0 Å². The van der Waals surface area contributed by atoms with Crippen LogP contribution in [0.25, 0.3) is 0 Å². The highest BCUT2D eigenvalue weighted by Crippen LogP contribution is 2.27. The van der Waals surface area contributed by atoms with E-state index in [0.29, 0.717) is 5.71 Å². The van der Waals surface area contributed by atoms with Crippen molar-refractivity contribution in [1.29, 1.82) is 0 Å². The summed E-state index contributed by atoms with van der Waals surface area (Å²) in [5.74, 6) is -0.308. The molecule has 1 aliphatic heterocycles. The molecule has 3 rings (SSSR count). The summed E-state index contributed by atoms with van der Waals surface area (Å²) < 4.78 is 0. The molecule has 0 aromatic heterocycles. The van der Waals surface area contributed by atoms with Gasteiger partial charge in [0.2, 0.25) is 0 Å². The molecule has 3 N–H and O–H groups in total. The van der Waals surface area contributed by atoms with Crippen molar-refractivity contribution < 1.29 is 4.79 Å². The Kier molecular flexibility index (Phi) is 2.65. The first-order valence-electron chi connectivity index (χ1n) is 6.01. The lowest BCUT2D eigenvalue weighted by molar-refractivity contribution is -0.123. The fourth-order valence-electron chi connectivity index (χ4n) is 2.25. The third-order valence-corrected chi connectivity index (χ3v) is 3.28. The van der Waals surface area contributed by atoms with E-state index in [4.69, 9.17) is 5.73 Å². The summed E-state index contributed by atoms with van der Waals surface area (Å²) in [6.45, 7) is 0. The summed E-state index contributed by atoms with van der Waals surface area (Å²) in [6.07, 6.45) is 0. The topological polar surface area (TPSA) is 67.5 Å². The fraction of sp³-hybridized carbons (Fsp3) is 0.0667. The van der Waals surface area contributed by atoms with Gasteiger partial charge in [-0.15, -0.1) is 0 Å². The zero-order chi connectivity index (χ0) is 13.3. The maximum atomic E-state index is 12.1. The summed E-state index contributed by atoms with van der Waals surface area (Å²) in [5, 5.41) is 4.11. The van der Waals surface area contributed by atoms with E-state index in [-0.39, 0.29) is 5.91 Å². The number of hydrogen-bond acceptors (Lipinski definition) is 3. The standard InChI is InChI=1S/C15H13N3O/c16-15(12-9-5-2-6-10-12)13(17-18-14(15)19)11-7-3-1-4-8-11/h1-10H,16H2,(H,18,19). The lowest BCUT2D eigenvalue weighted by Crippen LogP contribution is -2.51. The Bertz CT molecular complexity index is 637. The number of rotatable bonds is 2. The second-order valence-corrected chi connectivity index (χ2v) is 4.44. The predicted octanol–water partition coefficient (Wildman–Crippen LogP) is 1.37. The van der Waals surface area contributed by atoms with Gasteiger partial charge in [-0.2, -0.15) is 5.10 Å². The number of hydrazone groups is 1. The number of hydrogen-bond donors (Lipinski definition) is 2. The van der Waals surface area contributed by atoms with Gasteiger partial charge in [0, 0.05) is 5.56 Å². The summed E-state index contributed by atoms with van der Waals surface area (Å²) in [6, 6.07) is 18.8. The average Bonchev–Trinajstić information content (AvgIpc) is 2.78. The molecule has 0 spiro atoms. The number of carbonyl (C=O) groups is 1. The molecule has 0 aliphatic carbocycles. The first-order valence-corrected chi connectivity index (χ1v) is 6.01. The van der Waals surface area contributed by atoms with Crippen molar-refractivity contribution in [3.05, 3.63) is 71.8 Å². The van der Waals surface area contributed by atoms with Crippen LogP contribution in [0.3, 0.4) is 0 Å². The van der Waals surface area contributed by atoms with Gasteiger partial charge in [-0.25, -0.2) is 5.43 Å². The van der Waals surface area contributed by atoms with Crippen molar-refractivity contribution >= 4 is 11.6 Å². The van der Waals surface area contributed by atoms with E-state index in [1.54, 1.807) is 0 Å². The van der Waals surface area contributed by atoms with E-state index < -0.39 is 5.54 Å². The molecule has 0 fully saturated rings. The van der Waals surface area contributed by atoms with Crippen LogP contribution in [0.1, 0.15) is 11.1 Å². The molecule has 1 unspecified atom stereocenters. The number of nitrogens with one attached hydrogen (secondary N) is 1. The normalized spacial score (nSPS) is 21.9. The van der Waals surface area contributed by atoms with Gasteiger partial charge in [-0.1, -0.05) is 60.7 Å². The number of nitrogens with zero attached hydrogens (tertiary/aromatic N) is 1. The molecule has 1 amide bonds. The molecule has 0 bridgehead atoms. The number of amides is 1. The third-order valence-electron chi connectivity index (χ3n) is 3.28. The number of nitrogens with two attached hydrogens (primary N) is 1. The van der Waals surface area contributed by atoms with E-state index >= 15 is 0 Å². The molecule has 4 nitrogen and oxygen atoms in total. The van der Waals surface area contributed by atoms with Crippen LogP contribution in [0.4, 0.5) is 0 Å². The van der Waals surface area contributed by atoms with Gasteiger partial charge in [0.15, 0.2) is 5.54 Å². The molecule has 1 atom stereocenters. The van der Waals surface area contributed by atoms with E-state index in [1.807, 2.05) is 60.7 Å². The average molecular weight is 251 g/mol. The van der Waals surface area contributed by atoms with Crippen LogP contribution in [0.15, 0.2) is 65.8 Å².